The number of hydrogen-bond acceptors (Lipinski definition) is 3. The van der Waals surface area contributed by atoms with Crippen molar-refractivity contribution in [2.24, 2.45) is 0 Å². The molecule has 25 heavy (non-hydrogen) atoms. The molecule has 4 heteroatoms. The maximum atomic E-state index is 5.44. The molecule has 0 aliphatic carbocycles. The highest BCUT2D eigenvalue weighted by Crippen LogP contribution is 2.34. The lowest BCUT2D eigenvalue weighted by Crippen LogP contribution is -2.31. The molecule has 0 spiro atoms. The summed E-state index contributed by atoms with van der Waals surface area (Å²) in [5.41, 5.74) is 6.56. The zero-order valence-electron chi connectivity index (χ0n) is 15.0. The van der Waals surface area contributed by atoms with E-state index in [1.54, 1.807) is 14.2 Å². The van der Waals surface area contributed by atoms with Crippen LogP contribution >= 0.6 is 0 Å². The van der Waals surface area contributed by atoms with Crippen LogP contribution < -0.4 is 14.8 Å². The Balaban J connectivity index is 1.68. The molecule has 2 aromatic carbocycles. The minimum absolute atomic E-state index is 0.287. The summed E-state index contributed by atoms with van der Waals surface area (Å²) >= 11 is 0. The van der Waals surface area contributed by atoms with Crippen LogP contribution in [0.5, 0.6) is 11.5 Å². The predicted octanol–water partition coefficient (Wildman–Crippen LogP) is 3.92. The smallest absolute Gasteiger partial charge is 0.160 e. The molecular weight excluding hydrogens is 312 g/mol. The van der Waals surface area contributed by atoms with E-state index in [9.17, 15) is 0 Å². The second-order valence-electron chi connectivity index (χ2n) is 6.72. The Morgan fingerprint density at radius 2 is 1.88 bits per heavy atom. The molecular formula is C21H24N2O2. The van der Waals surface area contributed by atoms with Crippen LogP contribution in [0.1, 0.15) is 28.4 Å². The van der Waals surface area contributed by atoms with Gasteiger partial charge in [0, 0.05) is 16.6 Å². The quantitative estimate of drug-likeness (QED) is 0.759. The fourth-order valence-corrected chi connectivity index (χ4v) is 3.84. The lowest BCUT2D eigenvalue weighted by molar-refractivity contribution is 0.354. The summed E-state index contributed by atoms with van der Waals surface area (Å²) in [6, 6.07) is 13.1. The van der Waals surface area contributed by atoms with Gasteiger partial charge >= 0.3 is 0 Å². The summed E-state index contributed by atoms with van der Waals surface area (Å²) in [5, 5.41) is 5.03. The average Bonchev–Trinajstić information content (AvgIpc) is 3.00. The summed E-state index contributed by atoms with van der Waals surface area (Å²) in [6.07, 6.45) is 1.99. The van der Waals surface area contributed by atoms with Crippen molar-refractivity contribution >= 4 is 10.9 Å². The normalized spacial score (nSPS) is 16.7. The number of hydrogen-bond donors (Lipinski definition) is 2. The van der Waals surface area contributed by atoms with E-state index in [1.807, 2.05) is 6.07 Å². The number of benzene rings is 2. The van der Waals surface area contributed by atoms with Crippen molar-refractivity contribution in [3.8, 4) is 11.5 Å². The van der Waals surface area contributed by atoms with Gasteiger partial charge in [-0.3, -0.25) is 0 Å². The van der Waals surface area contributed by atoms with Crippen molar-refractivity contribution in [1.82, 2.24) is 10.3 Å². The van der Waals surface area contributed by atoms with E-state index in [1.165, 1.54) is 33.3 Å². The van der Waals surface area contributed by atoms with E-state index < -0.39 is 0 Å². The first-order chi connectivity index (χ1) is 12.2. The molecule has 1 aliphatic heterocycles. The molecule has 0 radical (unpaired) electrons. The van der Waals surface area contributed by atoms with E-state index in [0.717, 1.165) is 30.9 Å². The van der Waals surface area contributed by atoms with Gasteiger partial charge in [0.2, 0.25) is 0 Å². The molecule has 4 nitrogen and oxygen atoms in total. The summed E-state index contributed by atoms with van der Waals surface area (Å²) in [4.78, 5) is 3.65. The molecule has 0 saturated carbocycles. The first-order valence-electron chi connectivity index (χ1n) is 8.75. The summed E-state index contributed by atoms with van der Waals surface area (Å²) < 4.78 is 10.8. The molecule has 2 N–H and O–H groups in total. The van der Waals surface area contributed by atoms with Gasteiger partial charge in [0.15, 0.2) is 11.5 Å². The standard InChI is InChI=1S/C21H24N2O2/c1-13-4-6-17-16(10-13)15-8-9-22-18(21(15)23-17)11-14-5-7-19(24-2)20(12-14)25-3/h4-7,10,12,18,22-23H,8-9,11H2,1-3H3/t18-/m1/s1. The van der Waals surface area contributed by atoms with Crippen LogP contribution in [-0.2, 0) is 12.8 Å². The van der Waals surface area contributed by atoms with Crippen molar-refractivity contribution in [1.29, 1.82) is 0 Å². The molecule has 1 aromatic heterocycles. The number of ether oxygens (including phenoxy) is 2. The number of aromatic amines is 1. The van der Waals surface area contributed by atoms with Crippen LogP contribution in [-0.4, -0.2) is 25.7 Å². The second kappa shape index (κ2) is 6.45. The largest absolute Gasteiger partial charge is 0.493 e. The highest BCUT2D eigenvalue weighted by atomic mass is 16.5. The molecule has 2 heterocycles. The topological polar surface area (TPSA) is 46.3 Å². The Kier molecular flexibility index (Phi) is 4.14. The predicted molar refractivity (Wildman–Crippen MR) is 101 cm³/mol. The van der Waals surface area contributed by atoms with Gasteiger partial charge in [-0.2, -0.15) is 0 Å². The van der Waals surface area contributed by atoms with Crippen molar-refractivity contribution in [3.05, 3.63) is 58.8 Å². The zero-order chi connectivity index (χ0) is 17.4. The van der Waals surface area contributed by atoms with E-state index in [4.69, 9.17) is 9.47 Å². The molecule has 0 saturated heterocycles. The van der Waals surface area contributed by atoms with Crippen molar-refractivity contribution in [2.45, 2.75) is 25.8 Å². The third-order valence-corrected chi connectivity index (χ3v) is 5.10. The lowest BCUT2D eigenvalue weighted by Gasteiger charge is -2.25. The summed E-state index contributed by atoms with van der Waals surface area (Å²) in [6.45, 7) is 3.16. The molecule has 0 bridgehead atoms. The number of aryl methyl sites for hydroxylation is 1. The molecule has 0 unspecified atom stereocenters. The first kappa shape index (κ1) is 16.0. The van der Waals surface area contributed by atoms with Crippen LogP contribution in [0.4, 0.5) is 0 Å². The third kappa shape index (κ3) is 2.87. The second-order valence-corrected chi connectivity index (χ2v) is 6.72. The van der Waals surface area contributed by atoms with E-state index in [2.05, 4.69) is 47.6 Å². The number of fused-ring (bicyclic) bond motifs is 3. The van der Waals surface area contributed by atoms with Crippen LogP contribution in [0.15, 0.2) is 36.4 Å². The van der Waals surface area contributed by atoms with E-state index in [-0.39, 0.29) is 6.04 Å². The van der Waals surface area contributed by atoms with Crippen LogP contribution in [0.25, 0.3) is 10.9 Å². The molecule has 1 atom stereocenters. The molecule has 3 aromatic rings. The summed E-state index contributed by atoms with van der Waals surface area (Å²) in [7, 11) is 3.34. The SMILES string of the molecule is COc1ccc(C[C@H]2NCCc3c2[nH]c2ccc(C)cc32)cc1OC. The zero-order valence-corrected chi connectivity index (χ0v) is 15.0. The Labute approximate surface area is 148 Å². The monoisotopic (exact) mass is 336 g/mol. The maximum Gasteiger partial charge on any atom is 0.160 e. The van der Waals surface area contributed by atoms with Gasteiger partial charge in [0.1, 0.15) is 0 Å². The Hall–Kier alpha value is -2.46. The lowest BCUT2D eigenvalue weighted by atomic mass is 9.94. The van der Waals surface area contributed by atoms with Crippen LogP contribution in [0, 0.1) is 6.92 Å². The van der Waals surface area contributed by atoms with Gasteiger partial charge in [-0.1, -0.05) is 17.7 Å². The highest BCUT2D eigenvalue weighted by Gasteiger charge is 2.24. The van der Waals surface area contributed by atoms with Crippen molar-refractivity contribution in [2.75, 3.05) is 20.8 Å². The van der Waals surface area contributed by atoms with Crippen molar-refractivity contribution in [3.63, 3.8) is 0 Å². The third-order valence-electron chi connectivity index (χ3n) is 5.10. The Bertz CT molecular complexity index is 914. The van der Waals surface area contributed by atoms with Gasteiger partial charge in [-0.25, -0.2) is 0 Å². The minimum Gasteiger partial charge on any atom is -0.493 e. The number of H-pyrrole nitrogens is 1. The summed E-state index contributed by atoms with van der Waals surface area (Å²) in [5.74, 6) is 1.55. The molecule has 0 fully saturated rings. The van der Waals surface area contributed by atoms with Gasteiger partial charge in [-0.15, -0.1) is 0 Å². The van der Waals surface area contributed by atoms with Crippen LogP contribution in [0.2, 0.25) is 0 Å². The highest BCUT2D eigenvalue weighted by molar-refractivity contribution is 5.85. The van der Waals surface area contributed by atoms with Gasteiger partial charge in [0.05, 0.1) is 20.3 Å². The maximum absolute atomic E-state index is 5.44. The van der Waals surface area contributed by atoms with Gasteiger partial charge in [0.25, 0.3) is 0 Å². The number of aromatic nitrogens is 1. The number of nitrogens with one attached hydrogen (secondary N) is 2. The minimum atomic E-state index is 0.287. The van der Waals surface area contributed by atoms with Gasteiger partial charge in [-0.05, 0) is 61.7 Å². The molecule has 1 aliphatic rings. The first-order valence-corrected chi connectivity index (χ1v) is 8.75. The molecule has 130 valence electrons. The van der Waals surface area contributed by atoms with E-state index >= 15 is 0 Å². The van der Waals surface area contributed by atoms with Crippen LogP contribution in [0.3, 0.4) is 0 Å². The Morgan fingerprint density at radius 1 is 1.04 bits per heavy atom. The van der Waals surface area contributed by atoms with Gasteiger partial charge < -0.3 is 19.8 Å². The fraction of sp³-hybridized carbons (Fsp3) is 0.333. The molecule has 4 rings (SSSR count). The Morgan fingerprint density at radius 3 is 2.68 bits per heavy atom. The molecule has 0 amide bonds. The fourth-order valence-electron chi connectivity index (χ4n) is 3.84. The van der Waals surface area contributed by atoms with E-state index in [0.29, 0.717) is 0 Å². The number of rotatable bonds is 4. The van der Waals surface area contributed by atoms with Crippen molar-refractivity contribution < 1.29 is 9.47 Å². The average molecular weight is 336 g/mol. The number of methoxy groups -OCH3 is 2.